The fourth-order valence-corrected chi connectivity index (χ4v) is 2.78. The van der Waals surface area contributed by atoms with E-state index < -0.39 is 5.97 Å². The Morgan fingerprint density at radius 2 is 1.91 bits per heavy atom. The van der Waals surface area contributed by atoms with E-state index in [4.69, 9.17) is 16.3 Å². The van der Waals surface area contributed by atoms with Crippen LogP contribution in [0.1, 0.15) is 28.4 Å². The van der Waals surface area contributed by atoms with Crippen molar-refractivity contribution in [2.45, 2.75) is 13.3 Å². The van der Waals surface area contributed by atoms with Crippen molar-refractivity contribution in [3.8, 4) is 0 Å². The highest BCUT2D eigenvalue weighted by Gasteiger charge is 2.15. The molecule has 1 heterocycles. The standard InChI is InChI=1S/C19H16ClNO2/c1-2-23-19(22)16-12-21-17-9-8-14(11-15(17)18(16)20)10-13-6-4-3-5-7-13/h3-9,11-12H,2,10H2,1H3. The molecular weight excluding hydrogens is 310 g/mol. The van der Waals surface area contributed by atoms with Gasteiger partial charge >= 0.3 is 5.97 Å². The summed E-state index contributed by atoms with van der Waals surface area (Å²) in [6.45, 7) is 2.07. The van der Waals surface area contributed by atoms with Gasteiger partial charge in [0.1, 0.15) is 0 Å². The number of carbonyl (C=O) groups is 1. The summed E-state index contributed by atoms with van der Waals surface area (Å²) in [7, 11) is 0. The molecule has 0 spiro atoms. The fraction of sp³-hybridized carbons (Fsp3) is 0.158. The average Bonchev–Trinajstić information content (AvgIpc) is 2.57. The van der Waals surface area contributed by atoms with Gasteiger partial charge in [-0.2, -0.15) is 0 Å². The first-order valence-corrected chi connectivity index (χ1v) is 7.85. The van der Waals surface area contributed by atoms with Crippen LogP contribution in [-0.4, -0.2) is 17.6 Å². The largest absolute Gasteiger partial charge is 0.462 e. The van der Waals surface area contributed by atoms with Crippen molar-refractivity contribution in [2.24, 2.45) is 0 Å². The topological polar surface area (TPSA) is 39.2 Å². The van der Waals surface area contributed by atoms with Crippen molar-refractivity contribution in [2.75, 3.05) is 6.61 Å². The molecule has 4 heteroatoms. The van der Waals surface area contributed by atoms with Crippen LogP contribution < -0.4 is 0 Å². The Hall–Kier alpha value is -2.39. The molecule has 0 fully saturated rings. The van der Waals surface area contributed by atoms with E-state index in [-0.39, 0.29) is 0 Å². The highest BCUT2D eigenvalue weighted by Crippen LogP contribution is 2.27. The van der Waals surface area contributed by atoms with E-state index in [1.807, 2.05) is 36.4 Å². The van der Waals surface area contributed by atoms with E-state index in [0.29, 0.717) is 17.2 Å². The quantitative estimate of drug-likeness (QED) is 0.655. The maximum Gasteiger partial charge on any atom is 0.341 e. The van der Waals surface area contributed by atoms with Gasteiger partial charge in [0, 0.05) is 11.6 Å². The van der Waals surface area contributed by atoms with Crippen LogP contribution >= 0.6 is 11.6 Å². The third-order valence-electron chi connectivity index (χ3n) is 3.61. The van der Waals surface area contributed by atoms with Crippen LogP contribution in [0.25, 0.3) is 10.9 Å². The van der Waals surface area contributed by atoms with Gasteiger partial charge in [-0.1, -0.05) is 48.0 Å². The Bertz CT molecular complexity index is 847. The Balaban J connectivity index is 2.00. The van der Waals surface area contributed by atoms with E-state index in [2.05, 4.69) is 17.1 Å². The average molecular weight is 326 g/mol. The Labute approximate surface area is 139 Å². The zero-order chi connectivity index (χ0) is 16.2. The first kappa shape index (κ1) is 15.5. The molecule has 0 N–H and O–H groups in total. The van der Waals surface area contributed by atoms with Crippen LogP contribution in [0.3, 0.4) is 0 Å². The Morgan fingerprint density at radius 1 is 1.13 bits per heavy atom. The van der Waals surface area contributed by atoms with E-state index >= 15 is 0 Å². The molecule has 116 valence electrons. The van der Waals surface area contributed by atoms with Crippen molar-refractivity contribution in [3.63, 3.8) is 0 Å². The second-order valence-electron chi connectivity index (χ2n) is 5.22. The van der Waals surface area contributed by atoms with Crippen LogP contribution in [0.2, 0.25) is 5.02 Å². The van der Waals surface area contributed by atoms with Gasteiger partial charge in [-0.25, -0.2) is 4.79 Å². The number of esters is 1. The van der Waals surface area contributed by atoms with Gasteiger partial charge in [0.05, 0.1) is 22.7 Å². The molecule has 0 saturated heterocycles. The molecule has 0 atom stereocenters. The molecule has 1 aromatic heterocycles. The van der Waals surface area contributed by atoms with Gasteiger partial charge in [0.25, 0.3) is 0 Å². The molecule has 0 bridgehead atoms. The smallest absolute Gasteiger partial charge is 0.341 e. The molecule has 0 aliphatic rings. The predicted molar refractivity (Wildman–Crippen MR) is 92.0 cm³/mol. The predicted octanol–water partition coefficient (Wildman–Crippen LogP) is 4.66. The van der Waals surface area contributed by atoms with Crippen LogP contribution in [-0.2, 0) is 11.2 Å². The SMILES string of the molecule is CCOC(=O)c1cnc2ccc(Cc3ccccc3)cc2c1Cl. The fourth-order valence-electron chi connectivity index (χ4n) is 2.50. The third kappa shape index (κ3) is 3.35. The molecule has 0 radical (unpaired) electrons. The van der Waals surface area contributed by atoms with Crippen molar-refractivity contribution in [1.82, 2.24) is 4.98 Å². The monoisotopic (exact) mass is 325 g/mol. The minimum atomic E-state index is -0.444. The minimum Gasteiger partial charge on any atom is -0.462 e. The summed E-state index contributed by atoms with van der Waals surface area (Å²) in [5.74, 6) is -0.444. The molecule has 0 saturated carbocycles. The molecule has 0 aliphatic heterocycles. The van der Waals surface area contributed by atoms with Gasteiger partial charge < -0.3 is 4.74 Å². The van der Waals surface area contributed by atoms with Gasteiger partial charge in [0.15, 0.2) is 0 Å². The van der Waals surface area contributed by atoms with Crippen LogP contribution in [0.15, 0.2) is 54.7 Å². The van der Waals surface area contributed by atoms with Crippen molar-refractivity contribution < 1.29 is 9.53 Å². The van der Waals surface area contributed by atoms with Crippen LogP contribution in [0.4, 0.5) is 0 Å². The molecule has 0 amide bonds. The second-order valence-corrected chi connectivity index (χ2v) is 5.60. The summed E-state index contributed by atoms with van der Waals surface area (Å²) >= 11 is 6.41. The van der Waals surface area contributed by atoms with Crippen molar-refractivity contribution in [1.29, 1.82) is 0 Å². The molecule has 3 rings (SSSR count). The lowest BCUT2D eigenvalue weighted by Gasteiger charge is -2.08. The number of fused-ring (bicyclic) bond motifs is 1. The van der Waals surface area contributed by atoms with Crippen LogP contribution in [0, 0.1) is 0 Å². The summed E-state index contributed by atoms with van der Waals surface area (Å²) in [6.07, 6.45) is 2.27. The highest BCUT2D eigenvalue weighted by atomic mass is 35.5. The first-order valence-electron chi connectivity index (χ1n) is 7.47. The molecule has 23 heavy (non-hydrogen) atoms. The summed E-state index contributed by atoms with van der Waals surface area (Å²) < 4.78 is 5.02. The number of carbonyl (C=O) groups excluding carboxylic acids is 1. The number of ether oxygens (including phenoxy) is 1. The third-order valence-corrected chi connectivity index (χ3v) is 4.02. The Morgan fingerprint density at radius 3 is 2.65 bits per heavy atom. The maximum absolute atomic E-state index is 11.9. The maximum atomic E-state index is 11.9. The molecule has 0 unspecified atom stereocenters. The lowest BCUT2D eigenvalue weighted by atomic mass is 10.0. The minimum absolute atomic E-state index is 0.304. The van der Waals surface area contributed by atoms with E-state index in [9.17, 15) is 4.79 Å². The number of benzene rings is 2. The lowest BCUT2D eigenvalue weighted by Crippen LogP contribution is -2.06. The zero-order valence-electron chi connectivity index (χ0n) is 12.8. The number of pyridine rings is 1. The van der Waals surface area contributed by atoms with E-state index in [1.165, 1.54) is 11.8 Å². The number of hydrogen-bond donors (Lipinski definition) is 0. The van der Waals surface area contributed by atoms with E-state index in [1.54, 1.807) is 6.92 Å². The Kier molecular flexibility index (Phi) is 4.58. The summed E-state index contributed by atoms with van der Waals surface area (Å²) in [5, 5.41) is 1.16. The lowest BCUT2D eigenvalue weighted by molar-refractivity contribution is 0.0526. The summed E-state index contributed by atoms with van der Waals surface area (Å²) in [4.78, 5) is 16.2. The number of halogens is 1. The zero-order valence-corrected chi connectivity index (χ0v) is 13.5. The van der Waals surface area contributed by atoms with Gasteiger partial charge in [0.2, 0.25) is 0 Å². The molecule has 0 aliphatic carbocycles. The highest BCUT2D eigenvalue weighted by molar-refractivity contribution is 6.38. The number of nitrogens with zero attached hydrogens (tertiary/aromatic N) is 1. The first-order chi connectivity index (χ1) is 11.2. The summed E-state index contributed by atoms with van der Waals surface area (Å²) in [6, 6.07) is 16.1. The number of aromatic nitrogens is 1. The molecule has 3 aromatic rings. The summed E-state index contributed by atoms with van der Waals surface area (Å²) in [5.41, 5.74) is 3.41. The number of rotatable bonds is 4. The van der Waals surface area contributed by atoms with Crippen molar-refractivity contribution >= 4 is 28.5 Å². The molecular formula is C19H16ClNO2. The molecule has 3 nitrogen and oxygen atoms in total. The van der Waals surface area contributed by atoms with Gasteiger partial charge in [-0.05, 0) is 36.6 Å². The van der Waals surface area contributed by atoms with Gasteiger partial charge in [-0.3, -0.25) is 4.98 Å². The molecule has 2 aromatic carbocycles. The van der Waals surface area contributed by atoms with E-state index in [0.717, 1.165) is 22.9 Å². The van der Waals surface area contributed by atoms with Crippen LogP contribution in [0.5, 0.6) is 0 Å². The number of hydrogen-bond acceptors (Lipinski definition) is 3. The second kappa shape index (κ2) is 6.80. The van der Waals surface area contributed by atoms with Gasteiger partial charge in [-0.15, -0.1) is 0 Å². The van der Waals surface area contributed by atoms with Crippen molar-refractivity contribution in [3.05, 3.63) is 76.4 Å². The normalized spacial score (nSPS) is 10.7.